The van der Waals surface area contributed by atoms with Crippen molar-refractivity contribution in [3.8, 4) is 0 Å². The Morgan fingerprint density at radius 2 is 2.00 bits per heavy atom. The minimum Gasteiger partial charge on any atom is -0.340 e. The third kappa shape index (κ3) is 1.42. The predicted octanol–water partition coefficient (Wildman–Crippen LogP) is 1.76. The number of hydrogen-bond acceptors (Lipinski definition) is 2. The quantitative estimate of drug-likeness (QED) is 0.693. The van der Waals surface area contributed by atoms with Gasteiger partial charge < -0.3 is 10.7 Å². The zero-order valence-electron chi connectivity index (χ0n) is 7.83. The van der Waals surface area contributed by atoms with Crippen LogP contribution in [0.3, 0.4) is 0 Å². The van der Waals surface area contributed by atoms with Crippen molar-refractivity contribution >= 4 is 11.0 Å². The molecule has 68 valence electrons. The van der Waals surface area contributed by atoms with Crippen LogP contribution in [-0.2, 0) is 5.54 Å². The molecule has 0 aliphatic rings. The number of nitrogens with one attached hydrogen (secondary N) is 1. The second-order valence-corrected chi connectivity index (χ2v) is 3.82. The Labute approximate surface area is 77.0 Å². The Balaban J connectivity index is 2.63. The van der Waals surface area contributed by atoms with Crippen LogP contribution in [0.25, 0.3) is 11.0 Å². The average molecular weight is 175 g/mol. The molecule has 0 saturated carbocycles. The zero-order chi connectivity index (χ0) is 9.47. The summed E-state index contributed by atoms with van der Waals surface area (Å²) in [6.07, 6.45) is 0. The van der Waals surface area contributed by atoms with Crippen LogP contribution >= 0.6 is 0 Å². The van der Waals surface area contributed by atoms with E-state index >= 15 is 0 Å². The third-order valence-electron chi connectivity index (χ3n) is 2.00. The third-order valence-corrected chi connectivity index (χ3v) is 2.00. The molecule has 13 heavy (non-hydrogen) atoms. The van der Waals surface area contributed by atoms with Gasteiger partial charge in [-0.2, -0.15) is 0 Å². The molecule has 0 saturated heterocycles. The van der Waals surface area contributed by atoms with Gasteiger partial charge in [0, 0.05) is 0 Å². The van der Waals surface area contributed by atoms with E-state index in [1.165, 1.54) is 0 Å². The van der Waals surface area contributed by atoms with E-state index in [-0.39, 0.29) is 0 Å². The molecule has 0 spiro atoms. The smallest absolute Gasteiger partial charge is 0.126 e. The zero-order valence-corrected chi connectivity index (χ0v) is 7.83. The number of nitrogens with two attached hydrogens (primary N) is 1. The summed E-state index contributed by atoms with van der Waals surface area (Å²) in [5.41, 5.74) is 7.53. The van der Waals surface area contributed by atoms with Crippen molar-refractivity contribution in [1.29, 1.82) is 0 Å². The lowest BCUT2D eigenvalue weighted by Gasteiger charge is -2.13. The first-order chi connectivity index (χ1) is 6.07. The van der Waals surface area contributed by atoms with Crippen LogP contribution in [0.2, 0.25) is 0 Å². The van der Waals surface area contributed by atoms with Gasteiger partial charge >= 0.3 is 0 Å². The van der Waals surface area contributed by atoms with Gasteiger partial charge in [0.15, 0.2) is 0 Å². The largest absolute Gasteiger partial charge is 0.340 e. The Kier molecular flexibility index (Phi) is 1.63. The van der Waals surface area contributed by atoms with E-state index in [1.807, 2.05) is 38.1 Å². The van der Waals surface area contributed by atoms with Gasteiger partial charge in [0.1, 0.15) is 5.82 Å². The van der Waals surface area contributed by atoms with Crippen LogP contribution in [0, 0.1) is 0 Å². The molecule has 1 aromatic carbocycles. The number of rotatable bonds is 1. The molecule has 3 nitrogen and oxygen atoms in total. The highest BCUT2D eigenvalue weighted by atomic mass is 15.0. The summed E-state index contributed by atoms with van der Waals surface area (Å²) >= 11 is 0. The molecule has 0 bridgehead atoms. The number of imidazole rings is 1. The van der Waals surface area contributed by atoms with Gasteiger partial charge in [0.05, 0.1) is 16.6 Å². The van der Waals surface area contributed by atoms with Gasteiger partial charge in [-0.15, -0.1) is 0 Å². The van der Waals surface area contributed by atoms with E-state index in [9.17, 15) is 0 Å². The number of hydrogen-bond donors (Lipinski definition) is 2. The Bertz CT molecular complexity index is 390. The van der Waals surface area contributed by atoms with Crippen LogP contribution in [0.15, 0.2) is 24.3 Å². The Morgan fingerprint density at radius 3 is 2.62 bits per heavy atom. The van der Waals surface area contributed by atoms with Crippen molar-refractivity contribution < 1.29 is 0 Å². The van der Waals surface area contributed by atoms with Gasteiger partial charge in [-0.3, -0.25) is 0 Å². The van der Waals surface area contributed by atoms with Crippen LogP contribution in [0.4, 0.5) is 0 Å². The average Bonchev–Trinajstić information content (AvgIpc) is 2.45. The van der Waals surface area contributed by atoms with Crippen LogP contribution in [0.1, 0.15) is 19.7 Å². The standard InChI is InChI=1S/C10H13N3/c1-10(2,11)9-12-7-5-3-4-6-8(7)13-9/h3-6H,11H2,1-2H3,(H,12,13). The van der Waals surface area contributed by atoms with Gasteiger partial charge in [0.25, 0.3) is 0 Å². The number of aromatic amines is 1. The second-order valence-electron chi connectivity index (χ2n) is 3.82. The van der Waals surface area contributed by atoms with E-state index in [2.05, 4.69) is 9.97 Å². The molecule has 0 fully saturated rings. The first kappa shape index (κ1) is 8.26. The van der Waals surface area contributed by atoms with Gasteiger partial charge in [-0.1, -0.05) is 12.1 Å². The molecule has 0 aliphatic heterocycles. The maximum Gasteiger partial charge on any atom is 0.126 e. The normalized spacial score (nSPS) is 12.2. The van der Waals surface area contributed by atoms with Crippen molar-refractivity contribution in [2.75, 3.05) is 0 Å². The van der Waals surface area contributed by atoms with E-state index in [4.69, 9.17) is 5.73 Å². The first-order valence-corrected chi connectivity index (χ1v) is 4.31. The molecule has 0 amide bonds. The van der Waals surface area contributed by atoms with Crippen molar-refractivity contribution in [3.63, 3.8) is 0 Å². The van der Waals surface area contributed by atoms with E-state index in [0.29, 0.717) is 0 Å². The summed E-state index contributed by atoms with van der Waals surface area (Å²) in [4.78, 5) is 7.60. The highest BCUT2D eigenvalue weighted by molar-refractivity contribution is 5.74. The van der Waals surface area contributed by atoms with Gasteiger partial charge in [-0.25, -0.2) is 4.98 Å². The topological polar surface area (TPSA) is 54.7 Å². The number of para-hydroxylation sites is 2. The van der Waals surface area contributed by atoms with Crippen molar-refractivity contribution in [1.82, 2.24) is 9.97 Å². The monoisotopic (exact) mass is 175 g/mol. The molecule has 0 aliphatic carbocycles. The fourth-order valence-electron chi connectivity index (χ4n) is 1.26. The summed E-state index contributed by atoms with van der Waals surface area (Å²) in [7, 11) is 0. The van der Waals surface area contributed by atoms with Crippen LogP contribution in [0.5, 0.6) is 0 Å². The number of benzene rings is 1. The Morgan fingerprint density at radius 1 is 1.31 bits per heavy atom. The first-order valence-electron chi connectivity index (χ1n) is 4.31. The number of H-pyrrole nitrogens is 1. The fraction of sp³-hybridized carbons (Fsp3) is 0.300. The van der Waals surface area contributed by atoms with Crippen LogP contribution < -0.4 is 5.73 Å². The maximum absolute atomic E-state index is 5.93. The Hall–Kier alpha value is -1.35. The lowest BCUT2D eigenvalue weighted by Crippen LogP contribution is -2.30. The summed E-state index contributed by atoms with van der Waals surface area (Å²) in [6.45, 7) is 3.87. The van der Waals surface area contributed by atoms with Crippen molar-refractivity contribution in [3.05, 3.63) is 30.1 Å². The lowest BCUT2D eigenvalue weighted by molar-refractivity contribution is 0.522. The number of fused-ring (bicyclic) bond motifs is 1. The highest BCUT2D eigenvalue weighted by Crippen LogP contribution is 2.17. The predicted molar refractivity (Wildman–Crippen MR) is 53.3 cm³/mol. The SMILES string of the molecule is CC(C)(N)c1nc2ccccc2[nH]1. The van der Waals surface area contributed by atoms with Crippen molar-refractivity contribution in [2.24, 2.45) is 5.73 Å². The molecule has 3 heteroatoms. The van der Waals surface area contributed by atoms with E-state index < -0.39 is 5.54 Å². The lowest BCUT2D eigenvalue weighted by atomic mass is 10.1. The molecular weight excluding hydrogens is 162 g/mol. The molecule has 3 N–H and O–H groups in total. The molecular formula is C10H13N3. The minimum atomic E-state index is -0.404. The van der Waals surface area contributed by atoms with Gasteiger partial charge in [-0.05, 0) is 26.0 Å². The molecule has 2 aromatic rings. The number of aromatic nitrogens is 2. The van der Waals surface area contributed by atoms with Crippen molar-refractivity contribution in [2.45, 2.75) is 19.4 Å². The summed E-state index contributed by atoms with van der Waals surface area (Å²) < 4.78 is 0. The summed E-state index contributed by atoms with van der Waals surface area (Å²) in [6, 6.07) is 7.92. The fourth-order valence-corrected chi connectivity index (χ4v) is 1.26. The molecule has 0 unspecified atom stereocenters. The minimum absolute atomic E-state index is 0.404. The molecule has 1 aromatic heterocycles. The highest BCUT2D eigenvalue weighted by Gasteiger charge is 2.17. The maximum atomic E-state index is 5.93. The van der Waals surface area contributed by atoms with E-state index in [0.717, 1.165) is 16.9 Å². The van der Waals surface area contributed by atoms with Crippen LogP contribution in [-0.4, -0.2) is 9.97 Å². The number of nitrogens with zero attached hydrogens (tertiary/aromatic N) is 1. The molecule has 1 heterocycles. The summed E-state index contributed by atoms with van der Waals surface area (Å²) in [5, 5.41) is 0. The molecule has 0 radical (unpaired) electrons. The van der Waals surface area contributed by atoms with E-state index in [1.54, 1.807) is 0 Å². The summed E-state index contributed by atoms with van der Waals surface area (Å²) in [5.74, 6) is 0.828. The van der Waals surface area contributed by atoms with Gasteiger partial charge in [0.2, 0.25) is 0 Å². The molecule has 0 atom stereocenters. The second kappa shape index (κ2) is 2.57. The molecule has 2 rings (SSSR count).